The highest BCUT2D eigenvalue weighted by atomic mass is 32.2. The Morgan fingerprint density at radius 3 is 2.88 bits per heavy atom. The van der Waals surface area contributed by atoms with Crippen LogP contribution in [0.4, 0.5) is 0 Å². The predicted octanol–water partition coefficient (Wildman–Crippen LogP) is 2.27. The molecule has 1 fully saturated rings. The molecule has 0 aliphatic carbocycles. The van der Waals surface area contributed by atoms with Crippen LogP contribution in [0, 0.1) is 5.92 Å². The molecular formula is C12H25BO2S. The molecule has 16 heavy (non-hydrogen) atoms. The minimum Gasteiger partial charge on any atom is -0.383 e. The molecule has 0 spiro atoms. The molecule has 0 N–H and O–H groups in total. The van der Waals surface area contributed by atoms with E-state index in [-0.39, 0.29) is 0 Å². The Kier molecular flexibility index (Phi) is 6.86. The minimum atomic E-state index is 0.430. The van der Waals surface area contributed by atoms with Crippen molar-refractivity contribution in [1.29, 1.82) is 0 Å². The van der Waals surface area contributed by atoms with Gasteiger partial charge in [-0.25, -0.2) is 0 Å². The Morgan fingerprint density at radius 1 is 1.50 bits per heavy atom. The first kappa shape index (κ1) is 14.4. The first-order chi connectivity index (χ1) is 7.63. The summed E-state index contributed by atoms with van der Waals surface area (Å²) in [6.07, 6.45) is 4.03. The van der Waals surface area contributed by atoms with Crippen molar-refractivity contribution in [3.8, 4) is 0 Å². The molecule has 0 saturated carbocycles. The van der Waals surface area contributed by atoms with Crippen molar-refractivity contribution < 1.29 is 9.47 Å². The van der Waals surface area contributed by atoms with Gasteiger partial charge in [0, 0.05) is 17.9 Å². The normalized spacial score (nSPS) is 30.1. The van der Waals surface area contributed by atoms with E-state index in [1.165, 1.54) is 19.3 Å². The van der Waals surface area contributed by atoms with Crippen LogP contribution in [0.15, 0.2) is 0 Å². The van der Waals surface area contributed by atoms with Gasteiger partial charge in [0.25, 0.3) is 0 Å². The summed E-state index contributed by atoms with van der Waals surface area (Å²) < 4.78 is 11.5. The van der Waals surface area contributed by atoms with Crippen LogP contribution < -0.4 is 0 Å². The average Bonchev–Trinajstić information content (AvgIpc) is 2.54. The van der Waals surface area contributed by atoms with Gasteiger partial charge in [0.1, 0.15) is 7.85 Å². The lowest BCUT2D eigenvalue weighted by Crippen LogP contribution is -2.19. The van der Waals surface area contributed by atoms with E-state index in [1.54, 1.807) is 0 Å². The molecular weight excluding hydrogens is 219 g/mol. The number of thioether (sulfide) groups is 1. The van der Waals surface area contributed by atoms with Crippen molar-refractivity contribution >= 4 is 19.6 Å². The first-order valence-electron chi connectivity index (χ1n) is 6.48. The van der Waals surface area contributed by atoms with Crippen molar-refractivity contribution in [3.63, 3.8) is 0 Å². The number of rotatable bonds is 7. The lowest BCUT2D eigenvalue weighted by Gasteiger charge is -2.17. The van der Waals surface area contributed by atoms with Crippen LogP contribution in [0.5, 0.6) is 0 Å². The quantitative estimate of drug-likeness (QED) is 0.389. The van der Waals surface area contributed by atoms with Gasteiger partial charge in [-0.05, 0) is 18.8 Å². The summed E-state index contributed by atoms with van der Waals surface area (Å²) in [6, 6.07) is 0.430. The van der Waals surface area contributed by atoms with Crippen LogP contribution in [0.2, 0.25) is 0 Å². The molecule has 94 valence electrons. The number of hydrogen-bond acceptors (Lipinski definition) is 3. The molecule has 1 aliphatic heterocycles. The van der Waals surface area contributed by atoms with Gasteiger partial charge in [-0.2, -0.15) is 0 Å². The van der Waals surface area contributed by atoms with Gasteiger partial charge >= 0.3 is 0 Å². The standard InChI is InChI=1S/C12H25BO2S/c1-4-5-10-11(6-12(13)15-10)16-8-14-7-9(2)3/h9-12H,4-8,13H2,1-3H3/t10-,11?,12-/m1/s1. The second-order valence-corrected chi connectivity index (χ2v) is 6.27. The fourth-order valence-electron chi connectivity index (χ4n) is 2.05. The van der Waals surface area contributed by atoms with Gasteiger partial charge < -0.3 is 9.47 Å². The molecule has 1 rings (SSSR count). The van der Waals surface area contributed by atoms with Crippen molar-refractivity contribution in [2.75, 3.05) is 12.5 Å². The molecule has 1 heterocycles. The highest BCUT2D eigenvalue weighted by molar-refractivity contribution is 7.99. The highest BCUT2D eigenvalue weighted by Gasteiger charge is 2.32. The van der Waals surface area contributed by atoms with Crippen LogP contribution in [-0.2, 0) is 9.47 Å². The fraction of sp³-hybridized carbons (Fsp3) is 1.00. The number of ether oxygens (including phenoxy) is 2. The van der Waals surface area contributed by atoms with E-state index in [9.17, 15) is 0 Å². The molecule has 0 aromatic heterocycles. The maximum atomic E-state index is 5.92. The smallest absolute Gasteiger partial charge is 0.139 e. The van der Waals surface area contributed by atoms with Crippen molar-refractivity contribution in [1.82, 2.24) is 0 Å². The maximum Gasteiger partial charge on any atom is 0.139 e. The third-order valence-corrected chi connectivity index (χ3v) is 4.00. The zero-order valence-corrected chi connectivity index (χ0v) is 11.9. The van der Waals surface area contributed by atoms with Crippen LogP contribution in [0.1, 0.15) is 40.0 Å². The van der Waals surface area contributed by atoms with Gasteiger partial charge in [-0.1, -0.05) is 27.2 Å². The summed E-state index contributed by atoms with van der Waals surface area (Å²) in [7, 11) is 2.18. The summed E-state index contributed by atoms with van der Waals surface area (Å²) in [6.45, 7) is 7.47. The third kappa shape index (κ3) is 5.11. The van der Waals surface area contributed by atoms with Crippen LogP contribution in [0.3, 0.4) is 0 Å². The number of hydrogen-bond donors (Lipinski definition) is 0. The van der Waals surface area contributed by atoms with E-state index in [2.05, 4.69) is 28.6 Å². The van der Waals surface area contributed by atoms with Crippen LogP contribution in [0.25, 0.3) is 0 Å². The minimum absolute atomic E-state index is 0.430. The summed E-state index contributed by atoms with van der Waals surface area (Å²) in [4.78, 5) is 0. The Hall–Kier alpha value is 0.335. The van der Waals surface area contributed by atoms with E-state index in [0.29, 0.717) is 23.3 Å². The summed E-state index contributed by atoms with van der Waals surface area (Å²) in [5.74, 6) is 1.45. The summed E-state index contributed by atoms with van der Waals surface area (Å²) in [5, 5.41) is 0.641. The average molecular weight is 244 g/mol. The molecule has 4 heteroatoms. The van der Waals surface area contributed by atoms with E-state index >= 15 is 0 Å². The lowest BCUT2D eigenvalue weighted by atomic mass is 9.97. The summed E-state index contributed by atoms with van der Waals surface area (Å²) >= 11 is 1.93. The van der Waals surface area contributed by atoms with Gasteiger partial charge in [0.15, 0.2) is 0 Å². The van der Waals surface area contributed by atoms with Crippen molar-refractivity contribution in [3.05, 3.63) is 0 Å². The van der Waals surface area contributed by atoms with E-state index in [0.717, 1.165) is 12.5 Å². The molecule has 0 amide bonds. The molecule has 0 aromatic rings. The van der Waals surface area contributed by atoms with E-state index in [1.807, 2.05) is 11.8 Å². The first-order valence-corrected chi connectivity index (χ1v) is 7.53. The molecule has 0 aromatic carbocycles. The summed E-state index contributed by atoms with van der Waals surface area (Å²) in [5.41, 5.74) is 0. The SMILES string of the molecule is B[C@H]1CC(SCOCC(C)C)[C@@H](CCC)O1. The Balaban J connectivity index is 2.18. The van der Waals surface area contributed by atoms with Gasteiger partial charge in [0.2, 0.25) is 0 Å². The topological polar surface area (TPSA) is 18.5 Å². The highest BCUT2D eigenvalue weighted by Crippen LogP contribution is 2.32. The predicted molar refractivity (Wildman–Crippen MR) is 73.8 cm³/mol. The second-order valence-electron chi connectivity index (χ2n) is 5.10. The van der Waals surface area contributed by atoms with E-state index in [4.69, 9.17) is 9.47 Å². The molecule has 0 bridgehead atoms. The molecule has 1 unspecified atom stereocenters. The monoisotopic (exact) mass is 244 g/mol. The zero-order chi connectivity index (χ0) is 12.0. The Labute approximate surface area is 105 Å². The second kappa shape index (κ2) is 7.62. The Bertz CT molecular complexity index is 190. The van der Waals surface area contributed by atoms with Gasteiger partial charge in [0.05, 0.1) is 12.0 Å². The van der Waals surface area contributed by atoms with Crippen molar-refractivity contribution in [2.24, 2.45) is 5.92 Å². The van der Waals surface area contributed by atoms with Gasteiger partial charge in [-0.15, -0.1) is 11.8 Å². The van der Waals surface area contributed by atoms with Gasteiger partial charge in [-0.3, -0.25) is 0 Å². The van der Waals surface area contributed by atoms with Crippen molar-refractivity contribution in [2.45, 2.75) is 57.4 Å². The van der Waals surface area contributed by atoms with Crippen LogP contribution in [-0.4, -0.2) is 37.7 Å². The zero-order valence-electron chi connectivity index (χ0n) is 11.1. The molecule has 0 radical (unpaired) electrons. The molecule has 1 aliphatic rings. The lowest BCUT2D eigenvalue weighted by molar-refractivity contribution is 0.0829. The van der Waals surface area contributed by atoms with Crippen LogP contribution >= 0.6 is 11.8 Å². The molecule has 2 nitrogen and oxygen atoms in total. The third-order valence-electron chi connectivity index (χ3n) is 2.78. The molecule has 1 saturated heterocycles. The largest absolute Gasteiger partial charge is 0.383 e. The Morgan fingerprint density at radius 2 is 2.25 bits per heavy atom. The fourth-order valence-corrected chi connectivity index (χ4v) is 3.24. The molecule has 3 atom stereocenters. The van der Waals surface area contributed by atoms with E-state index < -0.39 is 0 Å². The maximum absolute atomic E-state index is 5.92.